The van der Waals surface area contributed by atoms with E-state index in [9.17, 15) is 19.7 Å². The standard InChI is InChI=1S/C12H14ClN3O4S/c1-21-5-4-10(11(14)17)15-12(18)8-6-7(16(19)20)2-3-9(8)13/h2-3,6,10H,4-5H2,1H3,(H2,14,17)(H,15,18)/t10-/m1/s1. The minimum absolute atomic E-state index is 0.0613. The van der Waals surface area contributed by atoms with Crippen LogP contribution in [0.4, 0.5) is 5.69 Å². The Morgan fingerprint density at radius 2 is 2.19 bits per heavy atom. The number of rotatable bonds is 7. The number of primary amides is 1. The van der Waals surface area contributed by atoms with Gasteiger partial charge in [-0.05, 0) is 24.5 Å². The molecule has 1 aromatic rings. The molecule has 9 heteroatoms. The molecule has 1 atom stereocenters. The number of carbonyl (C=O) groups is 2. The highest BCUT2D eigenvalue weighted by atomic mass is 35.5. The third-order valence-corrected chi connectivity index (χ3v) is 3.64. The average Bonchev–Trinajstić information content (AvgIpc) is 2.42. The molecule has 0 aromatic heterocycles. The van der Waals surface area contributed by atoms with Crippen molar-refractivity contribution in [3.05, 3.63) is 38.9 Å². The summed E-state index contributed by atoms with van der Waals surface area (Å²) in [4.78, 5) is 33.5. The molecule has 0 unspecified atom stereocenters. The van der Waals surface area contributed by atoms with Gasteiger partial charge in [0.1, 0.15) is 6.04 Å². The summed E-state index contributed by atoms with van der Waals surface area (Å²) < 4.78 is 0. The lowest BCUT2D eigenvalue weighted by molar-refractivity contribution is -0.384. The van der Waals surface area contributed by atoms with Crippen LogP contribution in [0.2, 0.25) is 5.02 Å². The third-order valence-electron chi connectivity index (χ3n) is 2.66. The van der Waals surface area contributed by atoms with Crippen molar-refractivity contribution in [2.45, 2.75) is 12.5 Å². The molecule has 1 aromatic carbocycles. The maximum Gasteiger partial charge on any atom is 0.270 e. The Morgan fingerprint density at radius 3 is 2.71 bits per heavy atom. The molecule has 3 N–H and O–H groups in total. The fraction of sp³-hybridized carbons (Fsp3) is 0.333. The maximum absolute atomic E-state index is 12.1. The molecule has 21 heavy (non-hydrogen) atoms. The van der Waals surface area contributed by atoms with E-state index >= 15 is 0 Å². The minimum atomic E-state index is -0.847. The van der Waals surface area contributed by atoms with Gasteiger partial charge in [-0.1, -0.05) is 11.6 Å². The number of nitrogens with one attached hydrogen (secondary N) is 1. The van der Waals surface area contributed by atoms with Gasteiger partial charge < -0.3 is 11.1 Å². The van der Waals surface area contributed by atoms with E-state index in [1.165, 1.54) is 23.9 Å². The van der Waals surface area contributed by atoms with E-state index in [1.807, 2.05) is 6.26 Å². The highest BCUT2D eigenvalue weighted by Gasteiger charge is 2.21. The van der Waals surface area contributed by atoms with Gasteiger partial charge in [-0.15, -0.1) is 0 Å². The number of nitrogens with two attached hydrogens (primary N) is 1. The van der Waals surface area contributed by atoms with E-state index in [1.54, 1.807) is 0 Å². The Labute approximate surface area is 130 Å². The van der Waals surface area contributed by atoms with E-state index in [4.69, 9.17) is 17.3 Å². The summed E-state index contributed by atoms with van der Waals surface area (Å²) in [6, 6.07) is 2.67. The Kier molecular flexibility index (Phi) is 6.44. The van der Waals surface area contributed by atoms with E-state index in [2.05, 4.69) is 5.32 Å². The van der Waals surface area contributed by atoms with Gasteiger partial charge >= 0.3 is 0 Å². The Balaban J connectivity index is 2.94. The lowest BCUT2D eigenvalue weighted by Crippen LogP contribution is -2.44. The highest BCUT2D eigenvalue weighted by molar-refractivity contribution is 7.98. The van der Waals surface area contributed by atoms with Gasteiger partial charge in [0.2, 0.25) is 5.91 Å². The van der Waals surface area contributed by atoms with Crippen molar-refractivity contribution >= 4 is 40.9 Å². The second kappa shape index (κ2) is 7.84. The van der Waals surface area contributed by atoms with E-state index in [0.717, 1.165) is 6.07 Å². The molecule has 1 rings (SSSR count). The number of halogens is 1. The lowest BCUT2D eigenvalue weighted by Gasteiger charge is -2.15. The Morgan fingerprint density at radius 1 is 1.52 bits per heavy atom. The molecule has 0 spiro atoms. The SMILES string of the molecule is CSCC[C@@H](NC(=O)c1cc([N+](=O)[O-])ccc1Cl)C(N)=O. The van der Waals surface area contributed by atoms with E-state index in [0.29, 0.717) is 12.2 Å². The first-order valence-electron chi connectivity index (χ1n) is 5.90. The van der Waals surface area contributed by atoms with Crippen molar-refractivity contribution in [1.29, 1.82) is 0 Å². The predicted molar refractivity (Wildman–Crippen MR) is 81.6 cm³/mol. The summed E-state index contributed by atoms with van der Waals surface area (Å²) in [5.74, 6) is -0.705. The molecular formula is C12H14ClN3O4S. The second-order valence-electron chi connectivity index (χ2n) is 4.13. The van der Waals surface area contributed by atoms with Crippen LogP contribution in [-0.2, 0) is 4.79 Å². The topological polar surface area (TPSA) is 115 Å². The van der Waals surface area contributed by atoms with Gasteiger partial charge in [0.05, 0.1) is 15.5 Å². The zero-order valence-electron chi connectivity index (χ0n) is 11.2. The van der Waals surface area contributed by atoms with Crippen LogP contribution < -0.4 is 11.1 Å². The molecule has 114 valence electrons. The van der Waals surface area contributed by atoms with Gasteiger partial charge in [0, 0.05) is 12.1 Å². The van der Waals surface area contributed by atoms with Crippen molar-refractivity contribution in [3.63, 3.8) is 0 Å². The average molecular weight is 332 g/mol. The molecule has 0 bridgehead atoms. The molecule has 0 heterocycles. The Hall–Kier alpha value is -1.80. The van der Waals surface area contributed by atoms with Crippen LogP contribution in [0.1, 0.15) is 16.8 Å². The van der Waals surface area contributed by atoms with Gasteiger partial charge in [0.25, 0.3) is 11.6 Å². The number of hydrogen-bond acceptors (Lipinski definition) is 5. The molecular weight excluding hydrogens is 318 g/mol. The third kappa shape index (κ3) is 4.91. The summed E-state index contributed by atoms with van der Waals surface area (Å²) in [7, 11) is 0. The van der Waals surface area contributed by atoms with Gasteiger partial charge in [-0.3, -0.25) is 19.7 Å². The molecule has 0 aliphatic carbocycles. The summed E-state index contributed by atoms with van der Waals surface area (Å²) in [5, 5.41) is 13.2. The van der Waals surface area contributed by atoms with Crippen LogP contribution in [0.5, 0.6) is 0 Å². The van der Waals surface area contributed by atoms with Crippen molar-refractivity contribution in [2.75, 3.05) is 12.0 Å². The van der Waals surface area contributed by atoms with Crippen molar-refractivity contribution in [3.8, 4) is 0 Å². The Bertz CT molecular complexity index is 567. The van der Waals surface area contributed by atoms with E-state index in [-0.39, 0.29) is 16.3 Å². The van der Waals surface area contributed by atoms with Crippen LogP contribution in [0, 0.1) is 10.1 Å². The summed E-state index contributed by atoms with van der Waals surface area (Å²) >= 11 is 7.36. The van der Waals surface area contributed by atoms with Crippen LogP contribution in [0.15, 0.2) is 18.2 Å². The van der Waals surface area contributed by atoms with Gasteiger partial charge in [0.15, 0.2) is 0 Å². The zero-order chi connectivity index (χ0) is 16.0. The zero-order valence-corrected chi connectivity index (χ0v) is 12.7. The highest BCUT2D eigenvalue weighted by Crippen LogP contribution is 2.22. The number of benzene rings is 1. The van der Waals surface area contributed by atoms with Gasteiger partial charge in [-0.2, -0.15) is 11.8 Å². The summed E-state index contributed by atoms with van der Waals surface area (Å²) in [5.41, 5.74) is 4.89. The number of hydrogen-bond donors (Lipinski definition) is 2. The second-order valence-corrected chi connectivity index (χ2v) is 5.52. The fourth-order valence-electron chi connectivity index (χ4n) is 1.56. The molecule has 0 aliphatic heterocycles. The van der Waals surface area contributed by atoms with Gasteiger partial charge in [-0.25, -0.2) is 0 Å². The molecule has 0 fully saturated rings. The number of carbonyl (C=O) groups excluding carboxylic acids is 2. The summed E-state index contributed by atoms with van der Waals surface area (Å²) in [6.45, 7) is 0. The lowest BCUT2D eigenvalue weighted by atomic mass is 10.1. The first-order chi connectivity index (χ1) is 9.86. The first-order valence-corrected chi connectivity index (χ1v) is 7.67. The quantitative estimate of drug-likeness (QED) is 0.581. The predicted octanol–water partition coefficient (Wildman–Crippen LogP) is 1.58. The van der Waals surface area contributed by atoms with Crippen LogP contribution >= 0.6 is 23.4 Å². The number of nitro benzene ring substituents is 1. The molecule has 0 saturated heterocycles. The van der Waals surface area contributed by atoms with Crippen LogP contribution in [0.25, 0.3) is 0 Å². The van der Waals surface area contributed by atoms with Crippen LogP contribution in [-0.4, -0.2) is 34.8 Å². The normalized spacial score (nSPS) is 11.7. The fourth-order valence-corrected chi connectivity index (χ4v) is 2.23. The smallest absolute Gasteiger partial charge is 0.270 e. The first kappa shape index (κ1) is 17.3. The molecule has 0 radical (unpaired) electrons. The molecule has 7 nitrogen and oxygen atoms in total. The van der Waals surface area contributed by atoms with E-state index < -0.39 is 22.8 Å². The van der Waals surface area contributed by atoms with Crippen molar-refractivity contribution < 1.29 is 14.5 Å². The van der Waals surface area contributed by atoms with Crippen molar-refractivity contribution in [2.24, 2.45) is 5.73 Å². The number of thioether (sulfide) groups is 1. The number of nitro groups is 1. The monoisotopic (exact) mass is 331 g/mol. The molecule has 0 aliphatic rings. The van der Waals surface area contributed by atoms with Crippen molar-refractivity contribution in [1.82, 2.24) is 5.32 Å². The molecule has 2 amide bonds. The largest absolute Gasteiger partial charge is 0.368 e. The van der Waals surface area contributed by atoms with Crippen LogP contribution in [0.3, 0.4) is 0 Å². The number of nitrogens with zero attached hydrogens (tertiary/aromatic N) is 1. The summed E-state index contributed by atoms with van der Waals surface area (Å²) in [6.07, 6.45) is 2.23. The number of non-ortho nitro benzene ring substituents is 1. The number of amides is 2. The molecule has 0 saturated carbocycles. The minimum Gasteiger partial charge on any atom is -0.368 e. The maximum atomic E-state index is 12.1.